The van der Waals surface area contributed by atoms with E-state index in [2.05, 4.69) is 9.71 Å². The van der Waals surface area contributed by atoms with Gasteiger partial charge in [-0.15, -0.1) is 0 Å². The Morgan fingerprint density at radius 3 is 2.45 bits per heavy atom. The van der Waals surface area contributed by atoms with Gasteiger partial charge in [0, 0.05) is 18.5 Å². The number of hydrogen-bond donors (Lipinski definition) is 3. The number of aliphatic imine (C=N–C) groups is 1. The fourth-order valence-corrected chi connectivity index (χ4v) is 5.42. The number of sulfonamides is 1. The topological polar surface area (TPSA) is 151 Å². The van der Waals surface area contributed by atoms with E-state index in [9.17, 15) is 18.0 Å². The summed E-state index contributed by atoms with van der Waals surface area (Å²) in [5, 5.41) is 9.15. The molecule has 0 saturated carbocycles. The Morgan fingerprint density at radius 1 is 1.30 bits per heavy atom. The molecule has 1 aliphatic heterocycles. The summed E-state index contributed by atoms with van der Waals surface area (Å²) in [5.41, 5.74) is 8.22. The number of aliphatic carboxylic acids is 1. The van der Waals surface area contributed by atoms with Gasteiger partial charge in [-0.1, -0.05) is 0 Å². The number of carboxylic acids is 1. The second-order valence-corrected chi connectivity index (χ2v) is 10.2. The van der Waals surface area contributed by atoms with Crippen molar-refractivity contribution in [2.75, 3.05) is 13.6 Å². The molecule has 4 N–H and O–H groups in total. The van der Waals surface area contributed by atoms with Crippen LogP contribution in [0.1, 0.15) is 48.9 Å². The molecule has 0 aromatic heterocycles. The molecule has 1 heterocycles. The Bertz CT molecular complexity index is 1060. The molecule has 12 heteroatoms. The van der Waals surface area contributed by atoms with Gasteiger partial charge in [0.1, 0.15) is 11.4 Å². The summed E-state index contributed by atoms with van der Waals surface area (Å²) >= 11 is 0. The van der Waals surface area contributed by atoms with E-state index in [0.29, 0.717) is 17.5 Å². The Balaban J connectivity index is 0.00000544. The molecular formula is C21H31FmN4O6S-. The molecule has 190 valence electrons. The van der Waals surface area contributed by atoms with Crippen LogP contribution in [0.4, 0.5) is 0 Å². The third kappa shape index (κ3) is 5.71. The minimum absolute atomic E-state index is 0. The molecule has 1 aromatic carbocycles. The van der Waals surface area contributed by atoms with Crippen molar-refractivity contribution >= 4 is 28.4 Å². The summed E-state index contributed by atoms with van der Waals surface area (Å²) in [5.74, 6) is -0.713. The molecule has 0 saturated heterocycles. The van der Waals surface area contributed by atoms with Crippen LogP contribution in [0.15, 0.2) is 9.89 Å². The summed E-state index contributed by atoms with van der Waals surface area (Å²) in [6.45, 7) is 9.32. The quantitative estimate of drug-likeness (QED) is 0.114. The number of likely N-dealkylation sites (N-methyl/N-ethyl adjacent to an activating group) is 1. The number of rotatable bonds is 9. The number of nitrogens with zero attached hydrogens (tertiary/aromatic N) is 2. The zero-order valence-electron chi connectivity index (χ0n) is 19.6. The van der Waals surface area contributed by atoms with Crippen LogP contribution in [0.2, 0.25) is 0 Å². The SMILES string of the molecule is Cc1c(C)c(S(=O)(=O)NC(N)=NCCCC(C(=O)O)N(C)[C-]=O)c(C)c2c1OC(C)(C)C2.[Fm]. The van der Waals surface area contributed by atoms with Gasteiger partial charge in [-0.2, -0.15) is 6.41 Å². The molecule has 0 aliphatic carbocycles. The predicted octanol–water partition coefficient (Wildman–Crippen LogP) is 1.15. The Morgan fingerprint density at radius 2 is 1.91 bits per heavy atom. The van der Waals surface area contributed by atoms with E-state index in [1.165, 1.54) is 13.5 Å². The zero-order chi connectivity index (χ0) is 24.4. The molecule has 1 aliphatic rings. The number of amides is 1. The van der Waals surface area contributed by atoms with Crippen molar-refractivity contribution in [1.29, 1.82) is 0 Å². The predicted molar refractivity (Wildman–Crippen MR) is 120 cm³/mol. The number of carbonyl (C=O) groups excluding carboxylic acids is 1. The second kappa shape index (κ2) is 9.76. The van der Waals surface area contributed by atoms with Gasteiger partial charge in [-0.3, -0.25) is 9.79 Å². The summed E-state index contributed by atoms with van der Waals surface area (Å²) in [6.07, 6.45) is 2.53. The van der Waals surface area contributed by atoms with Crippen LogP contribution < -0.4 is 15.2 Å². The van der Waals surface area contributed by atoms with Gasteiger partial charge in [0.15, 0.2) is 0 Å². The number of nitrogens with two attached hydrogens (primary N) is 1. The first-order valence-electron chi connectivity index (χ1n) is 10.2. The van der Waals surface area contributed by atoms with E-state index in [1.54, 1.807) is 13.8 Å². The van der Waals surface area contributed by atoms with Gasteiger partial charge in [0.05, 0.1) is 10.9 Å². The van der Waals surface area contributed by atoms with Crippen molar-refractivity contribution in [3.8, 4) is 5.75 Å². The number of guanidine groups is 1. The van der Waals surface area contributed by atoms with Gasteiger partial charge in [-0.05, 0) is 71.2 Å². The molecule has 2 rings (SSSR count). The minimum Gasteiger partial charge on any atom is -0.520 e. The van der Waals surface area contributed by atoms with E-state index >= 15 is 0 Å². The first-order chi connectivity index (χ1) is 14.7. The van der Waals surface area contributed by atoms with Gasteiger partial charge in [0.2, 0.25) is 5.96 Å². The van der Waals surface area contributed by atoms with Crippen LogP contribution in [0.5, 0.6) is 5.75 Å². The number of hydrogen-bond acceptors (Lipinski definition) is 6. The van der Waals surface area contributed by atoms with Crippen molar-refractivity contribution < 1.29 is 27.9 Å². The third-order valence-electron chi connectivity index (χ3n) is 5.61. The standard InChI is InChI=1S/C21H31N4O6S.Fm/c1-12-13(2)18(14(3)15-10-21(4,5)31-17(12)15)32(29,30)24-20(22)23-9-7-8-16(19(27)28)25(6)11-26;/h16H,7-10H2,1-6H3,(H,27,28)(H3,22,23,24);/q-1;. The van der Waals surface area contributed by atoms with E-state index < -0.39 is 27.6 Å². The average molecular weight is 725 g/mol. The largest absolute Gasteiger partial charge is 0.520 e. The van der Waals surface area contributed by atoms with Crippen LogP contribution in [0.25, 0.3) is 0 Å². The first-order valence-corrected chi connectivity index (χ1v) is 11.7. The molecule has 1 unspecified atom stereocenters. The molecule has 10 nitrogen and oxygen atoms in total. The molecule has 0 bridgehead atoms. The average Bonchev–Trinajstić information content (AvgIpc) is 3.00. The number of ether oxygens (including phenoxy) is 1. The summed E-state index contributed by atoms with van der Waals surface area (Å²) < 4.78 is 34.6. The molecule has 0 radical (unpaired) electrons. The summed E-state index contributed by atoms with van der Waals surface area (Å²) in [6, 6.07) is -1.04. The first kappa shape index (κ1) is 27.2. The van der Waals surface area contributed by atoms with Gasteiger partial charge >= 0.3 is 5.97 Å². The second-order valence-electron chi connectivity index (χ2n) is 8.62. The van der Waals surface area contributed by atoms with E-state index in [1.807, 2.05) is 20.8 Å². The molecule has 1 amide bonds. The van der Waals surface area contributed by atoms with Gasteiger partial charge in [0.25, 0.3) is 10.0 Å². The fraction of sp³-hybridized carbons (Fsp3) is 0.571. The Kier molecular flexibility index (Phi) is 8.05. The maximum Gasteiger partial charge on any atom is 0.323 e. The maximum atomic E-state index is 13.1. The van der Waals surface area contributed by atoms with Crippen molar-refractivity contribution in [1.82, 2.24) is 9.62 Å². The van der Waals surface area contributed by atoms with Crippen LogP contribution in [0, 0.1) is 20.8 Å². The van der Waals surface area contributed by atoms with E-state index in [4.69, 9.17) is 15.6 Å². The van der Waals surface area contributed by atoms with E-state index in [-0.39, 0.29) is 30.2 Å². The molecule has 1 atom stereocenters. The number of nitrogens with one attached hydrogen (secondary N) is 1. The van der Waals surface area contributed by atoms with Crippen molar-refractivity contribution in [3.63, 3.8) is 0 Å². The normalized spacial score (nSPS) is 15.6. The molecule has 33 heavy (non-hydrogen) atoms. The molecule has 1 aromatic rings. The number of benzene rings is 1. The molecular weight excluding hydrogens is 693 g/mol. The number of fused-ring (bicyclic) bond motifs is 1. The number of carboxylic acid groups (broad SMARTS) is 1. The smallest absolute Gasteiger partial charge is 0.323 e. The van der Waals surface area contributed by atoms with Gasteiger partial charge < -0.3 is 25.3 Å². The van der Waals surface area contributed by atoms with Crippen molar-refractivity contribution in [2.45, 2.75) is 70.4 Å². The minimum atomic E-state index is -4.00. The van der Waals surface area contributed by atoms with Gasteiger partial charge in [-0.25, -0.2) is 13.1 Å². The van der Waals surface area contributed by atoms with Crippen LogP contribution in [0.3, 0.4) is 0 Å². The molecule has 0 fully saturated rings. The number of carbonyl (C=O) groups is 1. The van der Waals surface area contributed by atoms with Crippen LogP contribution in [-0.4, -0.2) is 62.0 Å². The monoisotopic (exact) mass is 724 g/mol. The Labute approximate surface area is 188 Å². The van der Waals surface area contributed by atoms with Crippen molar-refractivity contribution in [2.24, 2.45) is 10.7 Å². The molecule has 0 spiro atoms. The fourth-order valence-electron chi connectivity index (χ4n) is 3.90. The van der Waals surface area contributed by atoms with Crippen molar-refractivity contribution in [3.05, 3.63) is 22.3 Å². The van der Waals surface area contributed by atoms with Crippen LogP contribution in [-0.2, 0) is 26.0 Å². The van der Waals surface area contributed by atoms with E-state index in [0.717, 1.165) is 21.8 Å². The van der Waals surface area contributed by atoms with Crippen LogP contribution >= 0.6 is 0 Å². The third-order valence-corrected chi connectivity index (χ3v) is 7.24. The summed E-state index contributed by atoms with van der Waals surface area (Å²) in [7, 11) is -2.68. The maximum absolute atomic E-state index is 13.1. The Hall–Kier alpha value is -3.82. The summed E-state index contributed by atoms with van der Waals surface area (Å²) in [4.78, 5) is 27.0. The zero-order valence-corrected chi connectivity index (χ0v) is 22.8.